The van der Waals surface area contributed by atoms with Gasteiger partial charge in [0.05, 0.1) is 5.69 Å². The predicted octanol–water partition coefficient (Wildman–Crippen LogP) is 1.59. The zero-order chi connectivity index (χ0) is 12.3. The Balaban J connectivity index is 2.10. The van der Waals surface area contributed by atoms with Crippen LogP contribution in [0.15, 0.2) is 30.6 Å². The Morgan fingerprint density at radius 3 is 2.59 bits per heavy atom. The van der Waals surface area contributed by atoms with Crippen LogP contribution in [0.5, 0.6) is 0 Å². The van der Waals surface area contributed by atoms with Crippen molar-refractivity contribution in [2.24, 2.45) is 0 Å². The lowest BCUT2D eigenvalue weighted by molar-refractivity contribution is -0.136. The molecule has 0 aliphatic heterocycles. The average Bonchev–Trinajstić information content (AvgIpc) is 2.74. The molecule has 0 atom stereocenters. The minimum absolute atomic E-state index is 0.155. The molecule has 1 N–H and O–H groups in total. The van der Waals surface area contributed by atoms with Crippen LogP contribution in [0.4, 0.5) is 0 Å². The molecular weight excluding hydrogens is 218 g/mol. The Hall–Kier alpha value is -2.17. The van der Waals surface area contributed by atoms with Gasteiger partial charge in [-0.25, -0.2) is 9.67 Å². The molecule has 0 radical (unpaired) electrons. The van der Waals surface area contributed by atoms with Gasteiger partial charge in [-0.05, 0) is 31.0 Å². The molecule has 0 aliphatic carbocycles. The lowest BCUT2D eigenvalue weighted by atomic mass is 10.1. The number of benzene rings is 1. The molecule has 0 bridgehead atoms. The van der Waals surface area contributed by atoms with Crippen LogP contribution < -0.4 is 0 Å². The van der Waals surface area contributed by atoms with E-state index in [1.807, 2.05) is 31.2 Å². The third-order valence-corrected chi connectivity index (χ3v) is 2.43. The molecule has 17 heavy (non-hydrogen) atoms. The Morgan fingerprint density at radius 2 is 2.06 bits per heavy atom. The number of aryl methyl sites for hydroxylation is 2. The summed E-state index contributed by atoms with van der Waals surface area (Å²) in [4.78, 5) is 14.5. The smallest absolute Gasteiger partial charge is 0.303 e. The first kappa shape index (κ1) is 11.3. The van der Waals surface area contributed by atoms with E-state index in [-0.39, 0.29) is 6.42 Å². The van der Waals surface area contributed by atoms with Crippen molar-refractivity contribution >= 4 is 5.97 Å². The number of aromatic nitrogens is 3. The lowest BCUT2D eigenvalue weighted by Crippen LogP contribution is -1.98. The third-order valence-electron chi connectivity index (χ3n) is 2.43. The first-order valence-electron chi connectivity index (χ1n) is 5.34. The van der Waals surface area contributed by atoms with Gasteiger partial charge in [-0.2, -0.15) is 5.10 Å². The molecule has 0 unspecified atom stereocenters. The number of rotatable bonds is 4. The van der Waals surface area contributed by atoms with Crippen molar-refractivity contribution in [2.45, 2.75) is 19.8 Å². The predicted molar refractivity (Wildman–Crippen MR) is 62.1 cm³/mol. The Labute approximate surface area is 98.7 Å². The number of carboxylic acid groups (broad SMARTS) is 1. The van der Waals surface area contributed by atoms with Gasteiger partial charge in [0.1, 0.15) is 12.2 Å². The number of aliphatic carboxylic acids is 1. The molecule has 1 aromatic heterocycles. The van der Waals surface area contributed by atoms with Crippen molar-refractivity contribution in [2.75, 3.05) is 0 Å². The van der Waals surface area contributed by atoms with Crippen LogP contribution in [0.2, 0.25) is 0 Å². The first-order valence-corrected chi connectivity index (χ1v) is 5.34. The number of hydrogen-bond acceptors (Lipinski definition) is 3. The molecule has 5 heteroatoms. The molecular formula is C12H13N3O2. The van der Waals surface area contributed by atoms with E-state index in [4.69, 9.17) is 5.11 Å². The van der Waals surface area contributed by atoms with Crippen LogP contribution in [0.1, 0.15) is 17.8 Å². The van der Waals surface area contributed by atoms with Crippen molar-refractivity contribution in [3.8, 4) is 5.69 Å². The molecule has 5 nitrogen and oxygen atoms in total. The summed E-state index contributed by atoms with van der Waals surface area (Å²) in [6, 6.07) is 7.64. The summed E-state index contributed by atoms with van der Waals surface area (Å²) >= 11 is 0. The summed E-state index contributed by atoms with van der Waals surface area (Å²) in [6.07, 6.45) is 2.36. The van der Waals surface area contributed by atoms with E-state index in [2.05, 4.69) is 10.1 Å². The van der Waals surface area contributed by atoms with E-state index in [0.717, 1.165) is 17.1 Å². The summed E-state index contributed by atoms with van der Waals surface area (Å²) in [5, 5.41) is 12.8. The van der Waals surface area contributed by atoms with Crippen LogP contribution in [0.25, 0.3) is 5.69 Å². The molecule has 2 aromatic rings. The van der Waals surface area contributed by atoms with E-state index in [0.29, 0.717) is 6.42 Å². The van der Waals surface area contributed by atoms with Crippen molar-refractivity contribution in [1.82, 2.24) is 14.8 Å². The van der Waals surface area contributed by atoms with E-state index >= 15 is 0 Å². The fourth-order valence-electron chi connectivity index (χ4n) is 1.54. The van der Waals surface area contributed by atoms with Gasteiger partial charge < -0.3 is 5.11 Å². The molecule has 0 saturated carbocycles. The topological polar surface area (TPSA) is 68.0 Å². The highest BCUT2D eigenvalue weighted by atomic mass is 16.4. The minimum Gasteiger partial charge on any atom is -0.481 e. The second-order valence-corrected chi connectivity index (χ2v) is 3.80. The summed E-state index contributed by atoms with van der Waals surface area (Å²) in [5.41, 5.74) is 1.93. The normalized spacial score (nSPS) is 10.4. The quantitative estimate of drug-likeness (QED) is 0.867. The van der Waals surface area contributed by atoms with Gasteiger partial charge in [0.25, 0.3) is 0 Å². The number of carboxylic acids is 1. The highest BCUT2D eigenvalue weighted by Crippen LogP contribution is 2.10. The standard InChI is InChI=1S/C12H13N3O2/c1-9-13-8-15(14-9)11-5-2-10(3-6-11)4-7-12(16)17/h2-3,5-6,8H,4,7H2,1H3,(H,16,17). The zero-order valence-electron chi connectivity index (χ0n) is 9.50. The molecule has 0 spiro atoms. The number of nitrogens with zero attached hydrogens (tertiary/aromatic N) is 3. The highest BCUT2D eigenvalue weighted by Gasteiger charge is 2.01. The fraction of sp³-hybridized carbons (Fsp3) is 0.250. The molecule has 2 rings (SSSR count). The van der Waals surface area contributed by atoms with Crippen molar-refractivity contribution < 1.29 is 9.90 Å². The van der Waals surface area contributed by atoms with Crippen LogP contribution in [0, 0.1) is 6.92 Å². The molecule has 88 valence electrons. The average molecular weight is 231 g/mol. The second kappa shape index (κ2) is 4.78. The fourth-order valence-corrected chi connectivity index (χ4v) is 1.54. The van der Waals surface area contributed by atoms with E-state index in [1.54, 1.807) is 11.0 Å². The largest absolute Gasteiger partial charge is 0.481 e. The molecule has 1 aromatic carbocycles. The Morgan fingerprint density at radius 1 is 1.35 bits per heavy atom. The van der Waals surface area contributed by atoms with Crippen LogP contribution >= 0.6 is 0 Å². The van der Waals surface area contributed by atoms with E-state index in [9.17, 15) is 4.79 Å². The van der Waals surface area contributed by atoms with Gasteiger partial charge >= 0.3 is 5.97 Å². The van der Waals surface area contributed by atoms with Crippen LogP contribution in [-0.2, 0) is 11.2 Å². The second-order valence-electron chi connectivity index (χ2n) is 3.80. The van der Waals surface area contributed by atoms with Crippen LogP contribution in [0.3, 0.4) is 0 Å². The van der Waals surface area contributed by atoms with Gasteiger partial charge in [-0.3, -0.25) is 4.79 Å². The molecule has 0 saturated heterocycles. The molecule has 0 fully saturated rings. The van der Waals surface area contributed by atoms with Gasteiger partial charge in [0.2, 0.25) is 0 Å². The lowest BCUT2D eigenvalue weighted by Gasteiger charge is -2.02. The van der Waals surface area contributed by atoms with Gasteiger partial charge in [0, 0.05) is 6.42 Å². The molecule has 1 heterocycles. The van der Waals surface area contributed by atoms with Gasteiger partial charge in [-0.15, -0.1) is 0 Å². The van der Waals surface area contributed by atoms with Gasteiger partial charge in [-0.1, -0.05) is 12.1 Å². The first-order chi connectivity index (χ1) is 8.15. The summed E-state index contributed by atoms with van der Waals surface area (Å²) in [6.45, 7) is 1.83. The zero-order valence-corrected chi connectivity index (χ0v) is 9.50. The van der Waals surface area contributed by atoms with E-state index < -0.39 is 5.97 Å². The van der Waals surface area contributed by atoms with Crippen molar-refractivity contribution in [1.29, 1.82) is 0 Å². The summed E-state index contributed by atoms with van der Waals surface area (Å²) in [7, 11) is 0. The van der Waals surface area contributed by atoms with E-state index in [1.165, 1.54) is 0 Å². The van der Waals surface area contributed by atoms with Crippen molar-refractivity contribution in [3.63, 3.8) is 0 Å². The maximum absolute atomic E-state index is 10.4. The monoisotopic (exact) mass is 231 g/mol. The highest BCUT2D eigenvalue weighted by molar-refractivity contribution is 5.67. The number of hydrogen-bond donors (Lipinski definition) is 1. The molecule has 0 aliphatic rings. The van der Waals surface area contributed by atoms with Crippen molar-refractivity contribution in [3.05, 3.63) is 42.0 Å². The Bertz CT molecular complexity index is 517. The molecule has 0 amide bonds. The van der Waals surface area contributed by atoms with Gasteiger partial charge in [0.15, 0.2) is 0 Å². The Kier molecular flexibility index (Phi) is 3.18. The summed E-state index contributed by atoms with van der Waals surface area (Å²) < 4.78 is 1.69. The SMILES string of the molecule is Cc1ncn(-c2ccc(CCC(=O)O)cc2)n1. The summed E-state index contributed by atoms with van der Waals surface area (Å²) in [5.74, 6) is -0.0547. The maximum atomic E-state index is 10.4. The minimum atomic E-state index is -0.777. The van der Waals surface area contributed by atoms with Crippen LogP contribution in [-0.4, -0.2) is 25.8 Å². The third kappa shape index (κ3) is 2.90. The maximum Gasteiger partial charge on any atom is 0.303 e. The number of carbonyl (C=O) groups is 1.